The van der Waals surface area contributed by atoms with Gasteiger partial charge in [0.05, 0.1) is 0 Å². The van der Waals surface area contributed by atoms with E-state index in [1.165, 1.54) is 31.2 Å². The summed E-state index contributed by atoms with van der Waals surface area (Å²) in [4.78, 5) is 36.1. The van der Waals surface area contributed by atoms with Crippen molar-refractivity contribution < 1.29 is 18.8 Å². The highest BCUT2D eigenvalue weighted by molar-refractivity contribution is 5.91. The summed E-state index contributed by atoms with van der Waals surface area (Å²) < 4.78 is 13.1. The Hall–Kier alpha value is -3.22. The van der Waals surface area contributed by atoms with Gasteiger partial charge in [-0.25, -0.2) is 4.39 Å². The van der Waals surface area contributed by atoms with Crippen molar-refractivity contribution in [2.45, 2.75) is 38.8 Å². The van der Waals surface area contributed by atoms with E-state index in [9.17, 15) is 18.8 Å². The van der Waals surface area contributed by atoms with Crippen LogP contribution in [0.3, 0.4) is 0 Å². The van der Waals surface area contributed by atoms with Crippen molar-refractivity contribution in [3.05, 3.63) is 71.0 Å². The van der Waals surface area contributed by atoms with Crippen LogP contribution in [0.1, 0.15) is 23.6 Å². The fraction of sp³-hybridized carbons (Fsp3) is 0.286. The number of benzene rings is 2. The smallest absolute Gasteiger partial charge is 0.243 e. The summed E-state index contributed by atoms with van der Waals surface area (Å²) in [5.41, 5.74) is 8.02. The Labute approximate surface area is 163 Å². The number of carbonyl (C=O) groups excluding carboxylic acids is 3. The van der Waals surface area contributed by atoms with Gasteiger partial charge in [-0.05, 0) is 30.2 Å². The summed E-state index contributed by atoms with van der Waals surface area (Å²) in [5, 5.41) is 5.18. The summed E-state index contributed by atoms with van der Waals surface area (Å²) in [6.45, 7) is 3.22. The number of amides is 3. The molecule has 0 bridgehead atoms. The Bertz CT molecular complexity index is 852. The minimum atomic E-state index is -0.918. The van der Waals surface area contributed by atoms with Gasteiger partial charge in [-0.1, -0.05) is 42.0 Å². The molecular weight excluding hydrogens is 361 g/mol. The van der Waals surface area contributed by atoms with Crippen LogP contribution in [-0.4, -0.2) is 29.8 Å². The van der Waals surface area contributed by atoms with E-state index in [-0.39, 0.29) is 12.8 Å². The molecule has 0 saturated carbocycles. The molecule has 0 fully saturated rings. The molecule has 0 saturated heterocycles. The van der Waals surface area contributed by atoms with Gasteiger partial charge in [-0.2, -0.15) is 0 Å². The predicted molar refractivity (Wildman–Crippen MR) is 104 cm³/mol. The van der Waals surface area contributed by atoms with Crippen LogP contribution in [0.25, 0.3) is 0 Å². The van der Waals surface area contributed by atoms with Gasteiger partial charge in [0.25, 0.3) is 0 Å². The molecule has 0 radical (unpaired) electrons. The van der Waals surface area contributed by atoms with Gasteiger partial charge in [0.1, 0.15) is 17.9 Å². The first-order valence-electron chi connectivity index (χ1n) is 8.91. The second kappa shape index (κ2) is 9.64. The maximum Gasteiger partial charge on any atom is 0.243 e. The molecule has 2 aromatic rings. The summed E-state index contributed by atoms with van der Waals surface area (Å²) >= 11 is 0. The van der Waals surface area contributed by atoms with Gasteiger partial charge in [-0.15, -0.1) is 0 Å². The van der Waals surface area contributed by atoms with Crippen LogP contribution in [0.5, 0.6) is 0 Å². The van der Waals surface area contributed by atoms with Crippen LogP contribution in [0, 0.1) is 12.7 Å². The lowest BCUT2D eigenvalue weighted by molar-refractivity contribution is -0.130. The number of nitrogens with one attached hydrogen (secondary N) is 2. The summed E-state index contributed by atoms with van der Waals surface area (Å²) in [5.74, 6) is -1.98. The van der Waals surface area contributed by atoms with Gasteiger partial charge in [0.2, 0.25) is 17.7 Å². The van der Waals surface area contributed by atoms with Crippen molar-refractivity contribution in [1.29, 1.82) is 0 Å². The van der Waals surface area contributed by atoms with E-state index in [2.05, 4.69) is 10.6 Å². The van der Waals surface area contributed by atoms with Crippen LogP contribution in [0.4, 0.5) is 4.39 Å². The molecule has 28 heavy (non-hydrogen) atoms. The van der Waals surface area contributed by atoms with E-state index >= 15 is 0 Å². The van der Waals surface area contributed by atoms with E-state index in [0.717, 1.165) is 11.1 Å². The van der Waals surface area contributed by atoms with Crippen LogP contribution >= 0.6 is 0 Å². The summed E-state index contributed by atoms with van der Waals surface area (Å²) in [6.07, 6.45) is 0.397. The Balaban J connectivity index is 2.12. The maximum atomic E-state index is 13.1. The van der Waals surface area contributed by atoms with Crippen LogP contribution in [0.2, 0.25) is 0 Å². The number of aryl methyl sites for hydroxylation is 1. The fourth-order valence-corrected chi connectivity index (χ4v) is 2.88. The molecule has 0 heterocycles. The quantitative estimate of drug-likeness (QED) is 0.640. The number of hydrogen-bond donors (Lipinski definition) is 3. The third-order valence-electron chi connectivity index (χ3n) is 4.23. The third-order valence-corrected chi connectivity index (χ3v) is 4.23. The van der Waals surface area contributed by atoms with E-state index in [0.29, 0.717) is 5.56 Å². The average molecular weight is 385 g/mol. The lowest BCUT2D eigenvalue weighted by Crippen LogP contribution is -2.54. The van der Waals surface area contributed by atoms with Crippen molar-refractivity contribution in [2.75, 3.05) is 0 Å². The van der Waals surface area contributed by atoms with E-state index in [1.807, 2.05) is 31.2 Å². The Morgan fingerprint density at radius 2 is 1.61 bits per heavy atom. The zero-order valence-corrected chi connectivity index (χ0v) is 15.9. The molecule has 148 valence electrons. The topological polar surface area (TPSA) is 101 Å². The molecule has 0 aliphatic heterocycles. The SMILES string of the molecule is CC(=O)N[C@@H](Cc1ccc(F)cc1)C(=O)N[C@H](Cc1cccc(C)c1)C(N)=O. The molecule has 7 heteroatoms. The molecule has 0 aliphatic carbocycles. The molecule has 2 aromatic carbocycles. The highest BCUT2D eigenvalue weighted by Gasteiger charge is 2.25. The molecule has 0 unspecified atom stereocenters. The van der Waals surface area contributed by atoms with Crippen molar-refractivity contribution in [3.63, 3.8) is 0 Å². The number of rotatable bonds is 8. The van der Waals surface area contributed by atoms with Crippen LogP contribution in [-0.2, 0) is 27.2 Å². The molecule has 2 atom stereocenters. The van der Waals surface area contributed by atoms with Crippen molar-refractivity contribution >= 4 is 17.7 Å². The standard InChI is InChI=1S/C21H24FN3O3/c1-13-4-3-5-16(10-13)12-18(20(23)27)25-21(28)19(24-14(2)26)11-15-6-8-17(22)9-7-15/h3-10,18-19H,11-12H2,1-2H3,(H2,23,27)(H,24,26)(H,25,28)/t18-,19+/m1/s1. The Morgan fingerprint density at radius 1 is 0.964 bits per heavy atom. The minimum Gasteiger partial charge on any atom is -0.368 e. The summed E-state index contributed by atoms with van der Waals surface area (Å²) in [6, 6.07) is 11.3. The van der Waals surface area contributed by atoms with E-state index in [4.69, 9.17) is 5.73 Å². The molecule has 6 nitrogen and oxygen atoms in total. The minimum absolute atomic E-state index is 0.154. The first kappa shape index (κ1) is 21.1. The second-order valence-electron chi connectivity index (χ2n) is 6.74. The molecule has 2 rings (SSSR count). The Morgan fingerprint density at radius 3 is 2.18 bits per heavy atom. The van der Waals surface area contributed by atoms with Crippen molar-refractivity contribution in [1.82, 2.24) is 10.6 Å². The first-order valence-corrected chi connectivity index (χ1v) is 8.91. The number of hydrogen-bond acceptors (Lipinski definition) is 3. The van der Waals surface area contributed by atoms with Gasteiger partial charge >= 0.3 is 0 Å². The maximum absolute atomic E-state index is 13.1. The zero-order valence-electron chi connectivity index (χ0n) is 15.9. The number of carbonyl (C=O) groups is 3. The van der Waals surface area contributed by atoms with Crippen LogP contribution < -0.4 is 16.4 Å². The summed E-state index contributed by atoms with van der Waals surface area (Å²) in [7, 11) is 0. The number of nitrogens with two attached hydrogens (primary N) is 1. The monoisotopic (exact) mass is 385 g/mol. The molecule has 3 amide bonds. The molecule has 0 aromatic heterocycles. The average Bonchev–Trinajstić information content (AvgIpc) is 2.62. The third kappa shape index (κ3) is 6.50. The van der Waals surface area contributed by atoms with Gasteiger partial charge in [0.15, 0.2) is 0 Å². The normalized spacial score (nSPS) is 12.7. The highest BCUT2D eigenvalue weighted by atomic mass is 19.1. The lowest BCUT2D eigenvalue weighted by Gasteiger charge is -2.22. The van der Waals surface area contributed by atoms with Crippen LogP contribution in [0.15, 0.2) is 48.5 Å². The highest BCUT2D eigenvalue weighted by Crippen LogP contribution is 2.09. The molecule has 0 spiro atoms. The number of halogens is 1. The fourth-order valence-electron chi connectivity index (χ4n) is 2.88. The van der Waals surface area contributed by atoms with E-state index in [1.54, 1.807) is 0 Å². The predicted octanol–water partition coefficient (Wildman–Crippen LogP) is 1.39. The first-order chi connectivity index (χ1) is 13.2. The second-order valence-corrected chi connectivity index (χ2v) is 6.74. The largest absolute Gasteiger partial charge is 0.368 e. The van der Waals surface area contributed by atoms with Gasteiger partial charge < -0.3 is 16.4 Å². The van der Waals surface area contributed by atoms with Crippen molar-refractivity contribution in [3.8, 4) is 0 Å². The number of primary amides is 1. The van der Waals surface area contributed by atoms with Crippen molar-refractivity contribution in [2.24, 2.45) is 5.73 Å². The van der Waals surface area contributed by atoms with Gasteiger partial charge in [0, 0.05) is 19.8 Å². The molecular formula is C21H24FN3O3. The van der Waals surface area contributed by atoms with Gasteiger partial charge in [-0.3, -0.25) is 14.4 Å². The molecule has 4 N–H and O–H groups in total. The Kier molecular flexibility index (Phi) is 7.26. The van der Waals surface area contributed by atoms with E-state index < -0.39 is 35.6 Å². The zero-order chi connectivity index (χ0) is 20.7. The molecule has 0 aliphatic rings. The lowest BCUT2D eigenvalue weighted by atomic mass is 10.0.